The molecule has 2 aromatic carbocycles. The fourth-order valence-corrected chi connectivity index (χ4v) is 3.92. The SMILES string of the molecule is CCNC(CC1CCCC1)c1ccc(C)c2ccccc12. The van der Waals surface area contributed by atoms with Crippen LogP contribution in [0.15, 0.2) is 36.4 Å². The van der Waals surface area contributed by atoms with Gasteiger partial charge in [0, 0.05) is 6.04 Å². The maximum Gasteiger partial charge on any atom is 0.0328 e. The van der Waals surface area contributed by atoms with Gasteiger partial charge in [-0.2, -0.15) is 0 Å². The minimum atomic E-state index is 0.503. The summed E-state index contributed by atoms with van der Waals surface area (Å²) in [6, 6.07) is 14.0. The van der Waals surface area contributed by atoms with Crippen LogP contribution >= 0.6 is 0 Å². The predicted octanol–water partition coefficient (Wildman–Crippen LogP) is 5.38. The van der Waals surface area contributed by atoms with E-state index in [-0.39, 0.29) is 0 Å². The van der Waals surface area contributed by atoms with Gasteiger partial charge in [0.05, 0.1) is 0 Å². The molecule has 1 nitrogen and oxygen atoms in total. The van der Waals surface area contributed by atoms with E-state index in [1.165, 1.54) is 54.0 Å². The van der Waals surface area contributed by atoms with Crippen LogP contribution in [0.25, 0.3) is 10.8 Å². The average Bonchev–Trinajstić information content (AvgIpc) is 3.01. The monoisotopic (exact) mass is 281 g/mol. The standard InChI is InChI=1S/C20H27N/c1-3-21-20(14-16-8-4-5-9-16)19-13-12-15(2)17-10-6-7-11-18(17)19/h6-7,10-13,16,20-21H,3-5,8-9,14H2,1-2H3. The first-order valence-electron chi connectivity index (χ1n) is 8.51. The number of hydrogen-bond acceptors (Lipinski definition) is 1. The zero-order chi connectivity index (χ0) is 14.7. The number of hydrogen-bond donors (Lipinski definition) is 1. The van der Waals surface area contributed by atoms with E-state index in [1.54, 1.807) is 0 Å². The molecule has 1 atom stereocenters. The van der Waals surface area contributed by atoms with Crippen LogP contribution in [0.1, 0.15) is 56.2 Å². The maximum absolute atomic E-state index is 3.74. The van der Waals surface area contributed by atoms with E-state index >= 15 is 0 Å². The Bertz CT molecular complexity index is 596. The van der Waals surface area contributed by atoms with Crippen LogP contribution in [0.3, 0.4) is 0 Å². The Morgan fingerprint density at radius 3 is 2.48 bits per heavy atom. The van der Waals surface area contributed by atoms with Gasteiger partial charge in [0.1, 0.15) is 0 Å². The van der Waals surface area contributed by atoms with Gasteiger partial charge in [-0.1, -0.05) is 69.0 Å². The number of aryl methyl sites for hydroxylation is 1. The van der Waals surface area contributed by atoms with Gasteiger partial charge in [-0.15, -0.1) is 0 Å². The van der Waals surface area contributed by atoms with Gasteiger partial charge in [0.25, 0.3) is 0 Å². The molecule has 1 unspecified atom stereocenters. The summed E-state index contributed by atoms with van der Waals surface area (Å²) in [4.78, 5) is 0. The second-order valence-corrected chi connectivity index (χ2v) is 6.51. The summed E-state index contributed by atoms with van der Waals surface area (Å²) in [5, 5.41) is 6.58. The van der Waals surface area contributed by atoms with Crippen LogP contribution in [0.2, 0.25) is 0 Å². The summed E-state index contributed by atoms with van der Waals surface area (Å²) < 4.78 is 0. The first kappa shape index (κ1) is 14.6. The molecule has 0 aromatic heterocycles. The molecule has 0 radical (unpaired) electrons. The van der Waals surface area contributed by atoms with E-state index in [0.717, 1.165) is 12.5 Å². The molecule has 1 aliphatic rings. The zero-order valence-corrected chi connectivity index (χ0v) is 13.4. The summed E-state index contributed by atoms with van der Waals surface area (Å²) in [6.45, 7) is 5.48. The van der Waals surface area contributed by atoms with E-state index < -0.39 is 0 Å². The summed E-state index contributed by atoms with van der Waals surface area (Å²) >= 11 is 0. The molecule has 0 heterocycles. The van der Waals surface area contributed by atoms with E-state index in [2.05, 4.69) is 55.6 Å². The van der Waals surface area contributed by atoms with Gasteiger partial charge >= 0.3 is 0 Å². The van der Waals surface area contributed by atoms with Crippen molar-refractivity contribution in [3.8, 4) is 0 Å². The Morgan fingerprint density at radius 2 is 1.76 bits per heavy atom. The Labute approximate surface area is 128 Å². The fraction of sp³-hybridized carbons (Fsp3) is 0.500. The summed E-state index contributed by atoms with van der Waals surface area (Å²) in [5.74, 6) is 0.911. The summed E-state index contributed by atoms with van der Waals surface area (Å²) in [6.07, 6.45) is 6.99. The molecule has 0 amide bonds. The number of nitrogens with one attached hydrogen (secondary N) is 1. The van der Waals surface area contributed by atoms with Crippen LogP contribution in [0, 0.1) is 12.8 Å². The van der Waals surface area contributed by atoms with E-state index in [1.807, 2.05) is 0 Å². The van der Waals surface area contributed by atoms with Gasteiger partial charge in [-0.05, 0) is 47.7 Å². The third-order valence-electron chi connectivity index (χ3n) is 5.05. The molecule has 0 aliphatic heterocycles. The quantitative estimate of drug-likeness (QED) is 0.776. The van der Waals surface area contributed by atoms with Crippen LogP contribution in [-0.4, -0.2) is 6.54 Å². The molecular weight excluding hydrogens is 254 g/mol. The molecule has 0 saturated heterocycles. The van der Waals surface area contributed by atoms with Crippen molar-refractivity contribution >= 4 is 10.8 Å². The zero-order valence-electron chi connectivity index (χ0n) is 13.4. The van der Waals surface area contributed by atoms with Crippen molar-refractivity contribution in [1.29, 1.82) is 0 Å². The lowest BCUT2D eigenvalue weighted by atomic mass is 9.89. The first-order chi connectivity index (χ1) is 10.3. The molecule has 0 spiro atoms. The third-order valence-corrected chi connectivity index (χ3v) is 5.05. The van der Waals surface area contributed by atoms with E-state index in [0.29, 0.717) is 6.04 Å². The minimum absolute atomic E-state index is 0.503. The maximum atomic E-state index is 3.74. The highest BCUT2D eigenvalue weighted by atomic mass is 14.9. The van der Waals surface area contributed by atoms with Crippen molar-refractivity contribution < 1.29 is 0 Å². The second kappa shape index (κ2) is 6.62. The topological polar surface area (TPSA) is 12.0 Å². The molecule has 2 aromatic rings. The van der Waals surface area contributed by atoms with Gasteiger partial charge in [0.15, 0.2) is 0 Å². The largest absolute Gasteiger partial charge is 0.310 e. The molecule has 1 fully saturated rings. The van der Waals surface area contributed by atoms with E-state index in [4.69, 9.17) is 0 Å². The summed E-state index contributed by atoms with van der Waals surface area (Å²) in [5.41, 5.74) is 2.87. The molecule has 1 N–H and O–H groups in total. The van der Waals surface area contributed by atoms with Crippen LogP contribution in [0.4, 0.5) is 0 Å². The molecule has 1 aliphatic carbocycles. The lowest BCUT2D eigenvalue weighted by Gasteiger charge is -2.24. The predicted molar refractivity (Wildman–Crippen MR) is 91.7 cm³/mol. The third kappa shape index (κ3) is 3.13. The van der Waals surface area contributed by atoms with Gasteiger partial charge in [0.2, 0.25) is 0 Å². The van der Waals surface area contributed by atoms with Gasteiger partial charge in [-0.25, -0.2) is 0 Å². The smallest absolute Gasteiger partial charge is 0.0328 e. The normalized spacial score (nSPS) is 17.4. The second-order valence-electron chi connectivity index (χ2n) is 6.51. The Hall–Kier alpha value is -1.34. The van der Waals surface area contributed by atoms with Crippen molar-refractivity contribution in [2.24, 2.45) is 5.92 Å². The molecule has 112 valence electrons. The molecule has 1 heteroatoms. The number of rotatable bonds is 5. The van der Waals surface area contributed by atoms with Gasteiger partial charge < -0.3 is 5.32 Å². The van der Waals surface area contributed by atoms with Crippen molar-refractivity contribution in [2.45, 2.75) is 52.0 Å². The Balaban J connectivity index is 1.96. The van der Waals surface area contributed by atoms with Crippen LogP contribution in [-0.2, 0) is 0 Å². The number of fused-ring (bicyclic) bond motifs is 1. The highest BCUT2D eigenvalue weighted by Crippen LogP contribution is 2.35. The Morgan fingerprint density at radius 1 is 1.05 bits per heavy atom. The first-order valence-corrected chi connectivity index (χ1v) is 8.51. The van der Waals surface area contributed by atoms with Gasteiger partial charge in [-0.3, -0.25) is 0 Å². The van der Waals surface area contributed by atoms with Crippen molar-refractivity contribution in [3.63, 3.8) is 0 Å². The minimum Gasteiger partial charge on any atom is -0.310 e. The number of benzene rings is 2. The fourth-order valence-electron chi connectivity index (χ4n) is 3.92. The van der Waals surface area contributed by atoms with Crippen molar-refractivity contribution in [2.75, 3.05) is 6.54 Å². The molecule has 1 saturated carbocycles. The summed E-state index contributed by atoms with van der Waals surface area (Å²) in [7, 11) is 0. The molecule has 3 rings (SSSR count). The highest BCUT2D eigenvalue weighted by Gasteiger charge is 2.22. The lowest BCUT2D eigenvalue weighted by molar-refractivity contribution is 0.402. The van der Waals surface area contributed by atoms with Crippen molar-refractivity contribution in [1.82, 2.24) is 5.32 Å². The Kier molecular flexibility index (Phi) is 4.60. The highest BCUT2D eigenvalue weighted by molar-refractivity contribution is 5.88. The van der Waals surface area contributed by atoms with Crippen LogP contribution in [0.5, 0.6) is 0 Å². The van der Waals surface area contributed by atoms with Crippen molar-refractivity contribution in [3.05, 3.63) is 47.5 Å². The molecule has 0 bridgehead atoms. The van der Waals surface area contributed by atoms with Crippen LogP contribution < -0.4 is 5.32 Å². The lowest BCUT2D eigenvalue weighted by Crippen LogP contribution is -2.23. The van der Waals surface area contributed by atoms with E-state index in [9.17, 15) is 0 Å². The molecule has 21 heavy (non-hydrogen) atoms. The average molecular weight is 281 g/mol. The molecular formula is C20H27N.